The average Bonchev–Trinajstić information content (AvgIpc) is 2.38. The summed E-state index contributed by atoms with van der Waals surface area (Å²) in [6, 6.07) is 4.89. The number of hydrogen-bond donors (Lipinski definition) is 2. The van der Waals surface area contributed by atoms with Crippen LogP contribution in [0.15, 0.2) is 30.6 Å². The topological polar surface area (TPSA) is 88.3 Å². The number of rotatable bonds is 5. The number of anilines is 1. The summed E-state index contributed by atoms with van der Waals surface area (Å²) in [6.45, 7) is 2.33. The molecule has 0 aliphatic heterocycles. The van der Waals surface area contributed by atoms with Crippen molar-refractivity contribution in [1.29, 1.82) is 0 Å². The Kier molecular flexibility index (Phi) is 3.91. The first-order chi connectivity index (χ1) is 9.09. The van der Waals surface area contributed by atoms with Crippen molar-refractivity contribution in [2.24, 2.45) is 0 Å². The molecule has 0 spiro atoms. The van der Waals surface area contributed by atoms with Gasteiger partial charge in [0.1, 0.15) is 0 Å². The summed E-state index contributed by atoms with van der Waals surface area (Å²) in [5, 5.41) is 24.6. The van der Waals surface area contributed by atoms with Gasteiger partial charge >= 0.3 is 0 Å². The van der Waals surface area contributed by atoms with Crippen molar-refractivity contribution in [3.05, 3.63) is 40.7 Å². The zero-order valence-electron chi connectivity index (χ0n) is 10.5. The van der Waals surface area contributed by atoms with E-state index in [-0.39, 0.29) is 11.8 Å². The third-order valence-corrected chi connectivity index (χ3v) is 2.87. The lowest BCUT2D eigenvalue weighted by Crippen LogP contribution is -2.10. The summed E-state index contributed by atoms with van der Waals surface area (Å²) in [5.41, 5.74) is 0.854. The SMILES string of the molecule is CC(O)CCNc1ccc([N+](=O)[O-])c2cnccc12. The Morgan fingerprint density at radius 3 is 2.89 bits per heavy atom. The fraction of sp³-hybridized carbons (Fsp3) is 0.308. The first-order valence-corrected chi connectivity index (χ1v) is 6.02. The number of aliphatic hydroxyl groups excluding tert-OH is 1. The van der Waals surface area contributed by atoms with Crippen LogP contribution < -0.4 is 5.32 Å². The Bertz CT molecular complexity index is 599. The van der Waals surface area contributed by atoms with Crippen molar-refractivity contribution in [3.8, 4) is 0 Å². The van der Waals surface area contributed by atoms with Gasteiger partial charge in [-0.05, 0) is 25.5 Å². The monoisotopic (exact) mass is 261 g/mol. The molecular formula is C13H15N3O3. The highest BCUT2D eigenvalue weighted by atomic mass is 16.6. The lowest BCUT2D eigenvalue weighted by atomic mass is 10.1. The predicted molar refractivity (Wildman–Crippen MR) is 73.2 cm³/mol. The molecule has 0 aliphatic rings. The number of non-ortho nitro benzene ring substituents is 1. The van der Waals surface area contributed by atoms with E-state index in [0.29, 0.717) is 18.4 Å². The zero-order chi connectivity index (χ0) is 13.8. The van der Waals surface area contributed by atoms with Crippen LogP contribution in [0.25, 0.3) is 10.8 Å². The summed E-state index contributed by atoms with van der Waals surface area (Å²) < 4.78 is 0. The highest BCUT2D eigenvalue weighted by Gasteiger charge is 2.14. The fourth-order valence-corrected chi connectivity index (χ4v) is 1.90. The van der Waals surface area contributed by atoms with Crippen LogP contribution >= 0.6 is 0 Å². The molecule has 1 aromatic carbocycles. The van der Waals surface area contributed by atoms with Crippen molar-refractivity contribution in [1.82, 2.24) is 4.98 Å². The summed E-state index contributed by atoms with van der Waals surface area (Å²) in [7, 11) is 0. The minimum atomic E-state index is -0.413. The molecular weight excluding hydrogens is 246 g/mol. The van der Waals surface area contributed by atoms with Gasteiger partial charge in [-0.25, -0.2) is 0 Å². The van der Waals surface area contributed by atoms with Crippen LogP contribution in [0.4, 0.5) is 11.4 Å². The van der Waals surface area contributed by atoms with E-state index in [9.17, 15) is 15.2 Å². The molecule has 1 unspecified atom stereocenters. The zero-order valence-corrected chi connectivity index (χ0v) is 10.5. The Hall–Kier alpha value is -2.21. The van der Waals surface area contributed by atoms with Gasteiger partial charge in [-0.1, -0.05) is 0 Å². The molecule has 0 saturated heterocycles. The molecule has 1 atom stereocenters. The van der Waals surface area contributed by atoms with E-state index < -0.39 is 4.92 Å². The van der Waals surface area contributed by atoms with Gasteiger partial charge in [-0.2, -0.15) is 0 Å². The molecule has 6 nitrogen and oxygen atoms in total. The quantitative estimate of drug-likeness (QED) is 0.637. The number of nitro benzene ring substituents is 1. The average molecular weight is 261 g/mol. The summed E-state index contributed by atoms with van der Waals surface area (Å²) in [6.07, 6.45) is 3.33. The molecule has 0 aliphatic carbocycles. The van der Waals surface area contributed by atoms with Gasteiger partial charge in [0.15, 0.2) is 0 Å². The minimum absolute atomic E-state index is 0.0455. The number of nitrogens with zero attached hydrogens (tertiary/aromatic N) is 2. The molecule has 1 aromatic heterocycles. The third kappa shape index (κ3) is 2.97. The van der Waals surface area contributed by atoms with Crippen LogP contribution in [0.3, 0.4) is 0 Å². The number of fused-ring (bicyclic) bond motifs is 1. The maximum Gasteiger partial charge on any atom is 0.278 e. The van der Waals surface area contributed by atoms with E-state index in [4.69, 9.17) is 0 Å². The number of pyridine rings is 1. The predicted octanol–water partition coefficient (Wildman–Crippen LogP) is 2.33. The Morgan fingerprint density at radius 1 is 1.42 bits per heavy atom. The first-order valence-electron chi connectivity index (χ1n) is 6.02. The van der Waals surface area contributed by atoms with Crippen LogP contribution in [-0.2, 0) is 0 Å². The fourth-order valence-electron chi connectivity index (χ4n) is 1.90. The summed E-state index contributed by atoms with van der Waals surface area (Å²) in [5.74, 6) is 0. The molecule has 0 saturated carbocycles. The molecule has 1 heterocycles. The molecule has 19 heavy (non-hydrogen) atoms. The van der Waals surface area contributed by atoms with Crippen LogP contribution in [0.5, 0.6) is 0 Å². The summed E-state index contributed by atoms with van der Waals surface area (Å²) in [4.78, 5) is 14.5. The van der Waals surface area contributed by atoms with Gasteiger partial charge in [0.2, 0.25) is 0 Å². The Morgan fingerprint density at radius 2 is 2.21 bits per heavy atom. The van der Waals surface area contributed by atoms with Crippen molar-refractivity contribution < 1.29 is 10.0 Å². The number of aliphatic hydroxyl groups is 1. The minimum Gasteiger partial charge on any atom is -0.393 e. The molecule has 0 bridgehead atoms. The Labute approximate surface area is 110 Å². The Balaban J connectivity index is 2.36. The standard InChI is InChI=1S/C13H15N3O3/c1-9(17)4-7-15-12-2-3-13(16(18)19)11-8-14-6-5-10(11)12/h2-3,5-6,8-9,15,17H,4,7H2,1H3. The number of hydrogen-bond acceptors (Lipinski definition) is 5. The maximum atomic E-state index is 11.0. The van der Waals surface area contributed by atoms with Crippen LogP contribution in [0, 0.1) is 10.1 Å². The largest absolute Gasteiger partial charge is 0.393 e. The molecule has 100 valence electrons. The van der Waals surface area contributed by atoms with E-state index in [2.05, 4.69) is 10.3 Å². The van der Waals surface area contributed by atoms with E-state index >= 15 is 0 Å². The normalized spacial score (nSPS) is 12.3. The van der Waals surface area contributed by atoms with Crippen molar-refractivity contribution in [2.45, 2.75) is 19.4 Å². The number of nitrogens with one attached hydrogen (secondary N) is 1. The van der Waals surface area contributed by atoms with Crippen LogP contribution in [-0.4, -0.2) is 27.7 Å². The number of nitro groups is 1. The van der Waals surface area contributed by atoms with Gasteiger partial charge in [-0.15, -0.1) is 0 Å². The van der Waals surface area contributed by atoms with E-state index in [1.165, 1.54) is 12.3 Å². The highest BCUT2D eigenvalue weighted by Crippen LogP contribution is 2.30. The molecule has 6 heteroatoms. The van der Waals surface area contributed by atoms with Gasteiger partial charge in [0.05, 0.1) is 16.4 Å². The van der Waals surface area contributed by atoms with Gasteiger partial charge in [0, 0.05) is 36.1 Å². The van der Waals surface area contributed by atoms with Crippen molar-refractivity contribution in [3.63, 3.8) is 0 Å². The van der Waals surface area contributed by atoms with E-state index in [1.54, 1.807) is 25.3 Å². The third-order valence-electron chi connectivity index (χ3n) is 2.87. The molecule has 2 rings (SSSR count). The second kappa shape index (κ2) is 5.62. The van der Waals surface area contributed by atoms with Crippen LogP contribution in [0.2, 0.25) is 0 Å². The molecule has 2 N–H and O–H groups in total. The molecule has 0 radical (unpaired) electrons. The van der Waals surface area contributed by atoms with Crippen molar-refractivity contribution >= 4 is 22.1 Å². The maximum absolute atomic E-state index is 11.0. The second-order valence-corrected chi connectivity index (χ2v) is 4.38. The van der Waals surface area contributed by atoms with Gasteiger partial charge in [0.25, 0.3) is 5.69 Å². The molecule has 0 amide bonds. The lowest BCUT2D eigenvalue weighted by molar-refractivity contribution is -0.383. The first kappa shape index (κ1) is 13.2. The van der Waals surface area contributed by atoms with Gasteiger partial charge < -0.3 is 10.4 Å². The van der Waals surface area contributed by atoms with Crippen LogP contribution in [0.1, 0.15) is 13.3 Å². The number of benzene rings is 1. The van der Waals surface area contributed by atoms with E-state index in [1.807, 2.05) is 0 Å². The second-order valence-electron chi connectivity index (χ2n) is 4.38. The highest BCUT2D eigenvalue weighted by molar-refractivity contribution is 5.99. The van der Waals surface area contributed by atoms with Crippen molar-refractivity contribution in [2.75, 3.05) is 11.9 Å². The smallest absolute Gasteiger partial charge is 0.278 e. The van der Waals surface area contributed by atoms with Gasteiger partial charge in [-0.3, -0.25) is 15.1 Å². The van der Waals surface area contributed by atoms with E-state index in [0.717, 1.165) is 11.1 Å². The number of aromatic nitrogens is 1. The lowest BCUT2D eigenvalue weighted by Gasteiger charge is -2.10. The molecule has 2 aromatic rings. The summed E-state index contributed by atoms with van der Waals surface area (Å²) >= 11 is 0. The molecule has 0 fully saturated rings.